The van der Waals surface area contributed by atoms with Gasteiger partial charge in [-0.25, -0.2) is 4.68 Å². The maximum Gasteiger partial charge on any atom is 0.228 e. The van der Waals surface area contributed by atoms with E-state index in [2.05, 4.69) is 20.6 Å². The Kier molecular flexibility index (Phi) is 5.61. The van der Waals surface area contributed by atoms with E-state index in [4.69, 9.17) is 16.1 Å². The standard InChI is InChI=1S/C23H22ClN5O2/c1-13-9-10-17(11-20(13)24)29-15(3)19(14(2)27-29)12-22(30)26-21-8-6-5-7-18(21)23-25-16(4)31-28-23/h5-11H,12H2,1-4H3,(H,26,30). The third-order valence-electron chi connectivity index (χ3n) is 5.15. The van der Waals surface area contributed by atoms with Crippen LogP contribution in [0.3, 0.4) is 0 Å². The molecule has 0 aliphatic rings. The predicted octanol–water partition coefficient (Wildman–Crippen LogP) is 4.99. The Hall–Kier alpha value is -3.45. The average Bonchev–Trinajstić information content (AvgIpc) is 3.29. The van der Waals surface area contributed by atoms with Crippen LogP contribution in [-0.4, -0.2) is 25.8 Å². The van der Waals surface area contributed by atoms with E-state index in [9.17, 15) is 4.79 Å². The zero-order chi connectivity index (χ0) is 22.1. The first-order valence-corrected chi connectivity index (χ1v) is 10.2. The summed E-state index contributed by atoms with van der Waals surface area (Å²) in [7, 11) is 0. The molecule has 31 heavy (non-hydrogen) atoms. The molecule has 2 aromatic heterocycles. The van der Waals surface area contributed by atoms with Gasteiger partial charge in [-0.2, -0.15) is 10.1 Å². The minimum Gasteiger partial charge on any atom is -0.339 e. The Morgan fingerprint density at radius 1 is 1.13 bits per heavy atom. The lowest BCUT2D eigenvalue weighted by Gasteiger charge is -2.10. The number of anilines is 1. The number of aryl methyl sites for hydroxylation is 3. The first kappa shape index (κ1) is 20.8. The molecule has 0 spiro atoms. The van der Waals surface area contributed by atoms with Crippen LogP contribution < -0.4 is 5.32 Å². The monoisotopic (exact) mass is 435 g/mol. The molecule has 0 aliphatic heterocycles. The van der Waals surface area contributed by atoms with E-state index >= 15 is 0 Å². The molecule has 1 N–H and O–H groups in total. The third kappa shape index (κ3) is 4.22. The number of amides is 1. The number of nitrogens with zero attached hydrogens (tertiary/aromatic N) is 4. The molecule has 2 aromatic carbocycles. The van der Waals surface area contributed by atoms with Crippen molar-refractivity contribution < 1.29 is 9.32 Å². The number of nitrogens with one attached hydrogen (secondary N) is 1. The molecule has 158 valence electrons. The fourth-order valence-corrected chi connectivity index (χ4v) is 3.62. The summed E-state index contributed by atoms with van der Waals surface area (Å²) in [5.74, 6) is 0.746. The SMILES string of the molecule is Cc1nc(-c2ccccc2NC(=O)Cc2c(C)nn(-c3ccc(C)c(Cl)c3)c2C)no1. The largest absolute Gasteiger partial charge is 0.339 e. The molecule has 0 saturated carbocycles. The Labute approximate surface area is 185 Å². The van der Waals surface area contributed by atoms with Crippen LogP contribution in [-0.2, 0) is 11.2 Å². The van der Waals surface area contributed by atoms with Crippen molar-refractivity contribution in [2.24, 2.45) is 0 Å². The van der Waals surface area contributed by atoms with E-state index < -0.39 is 0 Å². The van der Waals surface area contributed by atoms with E-state index in [0.29, 0.717) is 28.0 Å². The smallest absolute Gasteiger partial charge is 0.228 e. The van der Waals surface area contributed by atoms with E-state index in [1.165, 1.54) is 0 Å². The molecule has 7 nitrogen and oxygen atoms in total. The molecular formula is C23H22ClN5O2. The molecule has 2 heterocycles. The van der Waals surface area contributed by atoms with Gasteiger partial charge in [0.25, 0.3) is 0 Å². The topological polar surface area (TPSA) is 85.8 Å². The molecule has 0 bridgehead atoms. The van der Waals surface area contributed by atoms with Gasteiger partial charge in [0.2, 0.25) is 17.6 Å². The molecule has 4 aromatic rings. The number of benzene rings is 2. The lowest BCUT2D eigenvalue weighted by molar-refractivity contribution is -0.115. The highest BCUT2D eigenvalue weighted by atomic mass is 35.5. The fraction of sp³-hybridized carbons (Fsp3) is 0.217. The highest BCUT2D eigenvalue weighted by Gasteiger charge is 2.18. The molecule has 4 rings (SSSR count). The van der Waals surface area contributed by atoms with Crippen LogP contribution in [0, 0.1) is 27.7 Å². The Morgan fingerprint density at radius 3 is 2.61 bits per heavy atom. The van der Waals surface area contributed by atoms with Crippen molar-refractivity contribution in [3.63, 3.8) is 0 Å². The Morgan fingerprint density at radius 2 is 1.90 bits per heavy atom. The molecular weight excluding hydrogens is 414 g/mol. The molecule has 0 saturated heterocycles. The second-order valence-electron chi connectivity index (χ2n) is 7.40. The van der Waals surface area contributed by atoms with Crippen LogP contribution in [0.5, 0.6) is 0 Å². The van der Waals surface area contributed by atoms with Crippen molar-refractivity contribution in [3.8, 4) is 17.1 Å². The first-order valence-electron chi connectivity index (χ1n) is 9.84. The highest BCUT2D eigenvalue weighted by Crippen LogP contribution is 2.27. The molecule has 0 fully saturated rings. The quantitative estimate of drug-likeness (QED) is 0.477. The van der Waals surface area contributed by atoms with Gasteiger partial charge in [0.15, 0.2) is 0 Å². The molecule has 0 unspecified atom stereocenters. The molecule has 0 atom stereocenters. The van der Waals surface area contributed by atoms with Gasteiger partial charge in [0, 0.05) is 28.8 Å². The van der Waals surface area contributed by atoms with Crippen LogP contribution in [0.25, 0.3) is 17.1 Å². The van der Waals surface area contributed by atoms with Gasteiger partial charge in [0.1, 0.15) is 0 Å². The number of para-hydroxylation sites is 1. The minimum atomic E-state index is -0.152. The summed E-state index contributed by atoms with van der Waals surface area (Å²) in [5, 5.41) is 12.2. The minimum absolute atomic E-state index is 0.152. The average molecular weight is 436 g/mol. The van der Waals surface area contributed by atoms with Crippen LogP contribution in [0.4, 0.5) is 5.69 Å². The zero-order valence-electron chi connectivity index (χ0n) is 17.7. The summed E-state index contributed by atoms with van der Waals surface area (Å²) < 4.78 is 6.89. The zero-order valence-corrected chi connectivity index (χ0v) is 18.5. The maximum absolute atomic E-state index is 12.9. The summed E-state index contributed by atoms with van der Waals surface area (Å²) in [4.78, 5) is 17.1. The fourth-order valence-electron chi connectivity index (χ4n) is 3.45. The van der Waals surface area contributed by atoms with Gasteiger partial charge in [0.05, 0.1) is 23.5 Å². The second-order valence-corrected chi connectivity index (χ2v) is 7.81. The summed E-state index contributed by atoms with van der Waals surface area (Å²) in [5.41, 5.74) is 5.76. The lowest BCUT2D eigenvalue weighted by Crippen LogP contribution is -2.16. The first-order chi connectivity index (χ1) is 14.8. The second kappa shape index (κ2) is 8.35. The number of aromatic nitrogens is 4. The van der Waals surface area contributed by atoms with E-state index in [1.54, 1.807) is 6.92 Å². The van der Waals surface area contributed by atoms with Crippen LogP contribution in [0.15, 0.2) is 47.0 Å². The molecule has 8 heteroatoms. The lowest BCUT2D eigenvalue weighted by atomic mass is 10.1. The predicted molar refractivity (Wildman–Crippen MR) is 120 cm³/mol. The van der Waals surface area contributed by atoms with Crippen molar-refractivity contribution in [3.05, 3.63) is 75.9 Å². The van der Waals surface area contributed by atoms with Gasteiger partial charge >= 0.3 is 0 Å². The van der Waals surface area contributed by atoms with Crippen molar-refractivity contribution in [2.75, 3.05) is 5.32 Å². The van der Waals surface area contributed by atoms with Gasteiger partial charge in [-0.05, 0) is 50.6 Å². The Balaban J connectivity index is 1.58. The number of rotatable bonds is 5. The van der Waals surface area contributed by atoms with E-state index in [1.807, 2.05) is 67.9 Å². The third-order valence-corrected chi connectivity index (χ3v) is 5.56. The van der Waals surface area contributed by atoms with Crippen LogP contribution in [0.1, 0.15) is 28.4 Å². The summed E-state index contributed by atoms with van der Waals surface area (Å²) in [6, 6.07) is 13.2. The van der Waals surface area contributed by atoms with Crippen molar-refractivity contribution in [1.82, 2.24) is 19.9 Å². The van der Waals surface area contributed by atoms with Crippen molar-refractivity contribution in [1.29, 1.82) is 0 Å². The number of halogens is 1. The van der Waals surface area contributed by atoms with Crippen molar-refractivity contribution >= 4 is 23.2 Å². The van der Waals surface area contributed by atoms with Gasteiger partial charge in [-0.15, -0.1) is 0 Å². The van der Waals surface area contributed by atoms with Crippen LogP contribution in [0.2, 0.25) is 5.02 Å². The number of hydrogen-bond acceptors (Lipinski definition) is 5. The molecule has 0 radical (unpaired) electrons. The van der Waals surface area contributed by atoms with E-state index in [0.717, 1.165) is 28.2 Å². The Bertz CT molecular complexity index is 1270. The van der Waals surface area contributed by atoms with E-state index in [-0.39, 0.29) is 12.3 Å². The number of carbonyl (C=O) groups excluding carboxylic acids is 1. The normalized spacial score (nSPS) is 11.0. The van der Waals surface area contributed by atoms with Crippen LogP contribution >= 0.6 is 11.6 Å². The van der Waals surface area contributed by atoms with Gasteiger partial charge in [-0.3, -0.25) is 4.79 Å². The summed E-state index contributed by atoms with van der Waals surface area (Å²) in [6.45, 7) is 7.53. The number of carbonyl (C=O) groups is 1. The maximum atomic E-state index is 12.9. The van der Waals surface area contributed by atoms with Crippen molar-refractivity contribution in [2.45, 2.75) is 34.1 Å². The summed E-state index contributed by atoms with van der Waals surface area (Å²) >= 11 is 6.28. The highest BCUT2D eigenvalue weighted by molar-refractivity contribution is 6.31. The number of hydrogen-bond donors (Lipinski definition) is 1. The summed E-state index contributed by atoms with van der Waals surface area (Å²) in [6.07, 6.45) is 0.191. The molecule has 0 aliphatic carbocycles. The van der Waals surface area contributed by atoms with Gasteiger partial charge in [-0.1, -0.05) is 35.0 Å². The van der Waals surface area contributed by atoms with Gasteiger partial charge < -0.3 is 9.84 Å². The molecule has 1 amide bonds.